The number of imide groups is 1. The number of para-hydroxylation sites is 1. The van der Waals surface area contributed by atoms with Crippen molar-refractivity contribution in [2.24, 2.45) is 11.8 Å². The molecule has 10 nitrogen and oxygen atoms in total. The summed E-state index contributed by atoms with van der Waals surface area (Å²) < 4.78 is 15.9. The van der Waals surface area contributed by atoms with E-state index in [0.29, 0.717) is 35.4 Å². The number of hydrogen-bond donors (Lipinski definition) is 0. The van der Waals surface area contributed by atoms with Crippen LogP contribution in [0.4, 0.5) is 14.9 Å². The number of anilines is 1. The number of carbonyl (C=O) groups excluding carboxylic acids is 4. The first-order valence-corrected chi connectivity index (χ1v) is 11.7. The summed E-state index contributed by atoms with van der Waals surface area (Å²) in [6, 6.07) is 11.4. The van der Waals surface area contributed by atoms with E-state index in [4.69, 9.17) is 0 Å². The van der Waals surface area contributed by atoms with Crippen LogP contribution in [0.3, 0.4) is 0 Å². The third kappa shape index (κ3) is 3.26. The van der Waals surface area contributed by atoms with Gasteiger partial charge in [0.2, 0.25) is 17.7 Å². The van der Waals surface area contributed by atoms with Crippen molar-refractivity contribution in [2.75, 3.05) is 44.7 Å². The monoisotopic (exact) mass is 490 g/mol. The molecule has 1 aromatic heterocycles. The summed E-state index contributed by atoms with van der Waals surface area (Å²) in [5.41, 5.74) is 1.59. The van der Waals surface area contributed by atoms with Gasteiger partial charge >= 0.3 is 6.03 Å². The van der Waals surface area contributed by atoms with Gasteiger partial charge in [-0.1, -0.05) is 18.2 Å². The number of fused-ring (bicyclic) bond motifs is 2. The highest BCUT2D eigenvalue weighted by Gasteiger charge is 2.52. The Hall–Kier alpha value is -4.28. The lowest BCUT2D eigenvalue weighted by Crippen LogP contribution is -2.43. The summed E-state index contributed by atoms with van der Waals surface area (Å²) in [4.78, 5) is 56.4. The SMILES string of the molecule is CN1C(=O)[C@H]2CN(C(=O)CN3CCN(c4cccc5c4cnn5-c4ccccc4F)C3=O)C[C@H]2C1=O. The highest BCUT2D eigenvalue weighted by molar-refractivity contribution is 6.07. The minimum Gasteiger partial charge on any atom is -0.340 e. The zero-order chi connectivity index (χ0) is 25.1. The summed E-state index contributed by atoms with van der Waals surface area (Å²) >= 11 is 0. The molecule has 3 aliphatic rings. The fourth-order valence-corrected chi connectivity index (χ4v) is 5.42. The number of amides is 5. The normalized spacial score (nSPS) is 21.9. The minimum absolute atomic E-state index is 0.128. The summed E-state index contributed by atoms with van der Waals surface area (Å²) in [5, 5.41) is 5.04. The molecular formula is C25H23FN6O4. The molecule has 0 unspecified atom stereocenters. The number of hydrogen-bond acceptors (Lipinski definition) is 5. The zero-order valence-corrected chi connectivity index (χ0v) is 19.5. The molecule has 2 aromatic carbocycles. The van der Waals surface area contributed by atoms with Crippen LogP contribution in [0.5, 0.6) is 0 Å². The molecule has 36 heavy (non-hydrogen) atoms. The fourth-order valence-electron chi connectivity index (χ4n) is 5.42. The number of halogens is 1. The van der Waals surface area contributed by atoms with Crippen LogP contribution < -0.4 is 4.90 Å². The smallest absolute Gasteiger partial charge is 0.325 e. The molecule has 5 amide bonds. The molecule has 6 rings (SSSR count). The van der Waals surface area contributed by atoms with Crippen LogP contribution in [0, 0.1) is 17.7 Å². The first kappa shape index (κ1) is 22.2. The predicted octanol–water partition coefficient (Wildman–Crippen LogP) is 1.48. The Bertz CT molecular complexity index is 1410. The zero-order valence-electron chi connectivity index (χ0n) is 19.5. The Labute approximate surface area is 205 Å². The molecule has 0 bridgehead atoms. The van der Waals surface area contributed by atoms with Gasteiger partial charge < -0.3 is 9.80 Å². The van der Waals surface area contributed by atoms with E-state index in [0.717, 1.165) is 4.90 Å². The van der Waals surface area contributed by atoms with Gasteiger partial charge in [-0.15, -0.1) is 0 Å². The number of benzene rings is 2. The molecule has 0 spiro atoms. The van der Waals surface area contributed by atoms with Crippen LogP contribution in [0.1, 0.15) is 0 Å². The van der Waals surface area contributed by atoms with Crippen molar-refractivity contribution >= 4 is 40.3 Å². The first-order valence-electron chi connectivity index (χ1n) is 11.7. The molecule has 3 aromatic rings. The molecule has 0 radical (unpaired) electrons. The quantitative estimate of drug-likeness (QED) is 0.516. The number of likely N-dealkylation sites (tertiary alicyclic amines) is 2. The average molecular weight is 490 g/mol. The second kappa shape index (κ2) is 8.14. The number of carbonyl (C=O) groups is 4. The summed E-state index contributed by atoms with van der Waals surface area (Å²) in [6.07, 6.45) is 1.60. The van der Waals surface area contributed by atoms with Gasteiger partial charge in [0.25, 0.3) is 0 Å². The maximum atomic E-state index is 14.4. The average Bonchev–Trinajstić information content (AvgIpc) is 3.63. The van der Waals surface area contributed by atoms with Gasteiger partial charge in [-0.3, -0.25) is 24.2 Å². The number of rotatable bonds is 4. The Morgan fingerprint density at radius 1 is 0.972 bits per heavy atom. The van der Waals surface area contributed by atoms with Gasteiger partial charge in [-0.25, -0.2) is 13.9 Å². The van der Waals surface area contributed by atoms with Crippen molar-refractivity contribution in [1.29, 1.82) is 0 Å². The number of urea groups is 1. The fraction of sp³-hybridized carbons (Fsp3) is 0.320. The lowest BCUT2D eigenvalue weighted by atomic mass is 10.00. The molecule has 184 valence electrons. The largest absolute Gasteiger partial charge is 0.340 e. The van der Waals surface area contributed by atoms with Gasteiger partial charge in [-0.05, 0) is 24.3 Å². The van der Waals surface area contributed by atoms with Crippen molar-refractivity contribution < 1.29 is 23.6 Å². The number of aromatic nitrogens is 2. The summed E-state index contributed by atoms with van der Waals surface area (Å²) in [5.74, 6) is -2.20. The van der Waals surface area contributed by atoms with Gasteiger partial charge in [0.05, 0.1) is 29.2 Å². The van der Waals surface area contributed by atoms with Crippen molar-refractivity contribution in [3.05, 3.63) is 54.5 Å². The lowest BCUT2D eigenvalue weighted by Gasteiger charge is -2.23. The van der Waals surface area contributed by atoms with Gasteiger partial charge in [0, 0.05) is 38.6 Å². The molecular weight excluding hydrogens is 467 g/mol. The Morgan fingerprint density at radius 2 is 1.67 bits per heavy atom. The molecule has 3 aliphatic heterocycles. The maximum Gasteiger partial charge on any atom is 0.325 e. The summed E-state index contributed by atoms with van der Waals surface area (Å²) in [6.45, 7) is 0.988. The number of nitrogens with zero attached hydrogens (tertiary/aromatic N) is 6. The van der Waals surface area contributed by atoms with E-state index in [2.05, 4.69) is 5.10 Å². The van der Waals surface area contributed by atoms with Crippen LogP contribution in [-0.4, -0.2) is 88.0 Å². The molecule has 0 saturated carbocycles. The maximum absolute atomic E-state index is 14.4. The molecule has 2 atom stereocenters. The van der Waals surface area contributed by atoms with Crippen LogP contribution in [0.15, 0.2) is 48.7 Å². The van der Waals surface area contributed by atoms with Gasteiger partial charge in [0.1, 0.15) is 18.0 Å². The van der Waals surface area contributed by atoms with Gasteiger partial charge in [-0.2, -0.15) is 5.10 Å². The van der Waals surface area contributed by atoms with Crippen LogP contribution in [0.2, 0.25) is 0 Å². The first-order chi connectivity index (χ1) is 17.3. The van der Waals surface area contributed by atoms with E-state index in [1.165, 1.54) is 27.6 Å². The van der Waals surface area contributed by atoms with Crippen molar-refractivity contribution in [3.63, 3.8) is 0 Å². The third-order valence-electron chi connectivity index (χ3n) is 7.35. The third-order valence-corrected chi connectivity index (χ3v) is 7.35. The van der Waals surface area contributed by atoms with E-state index < -0.39 is 17.7 Å². The molecule has 4 heterocycles. The van der Waals surface area contributed by atoms with Crippen molar-refractivity contribution in [1.82, 2.24) is 24.5 Å². The van der Waals surface area contributed by atoms with Crippen LogP contribution in [-0.2, 0) is 14.4 Å². The topological polar surface area (TPSA) is 99.1 Å². The lowest BCUT2D eigenvalue weighted by molar-refractivity contribution is -0.139. The second-order valence-corrected chi connectivity index (χ2v) is 9.32. The van der Waals surface area contributed by atoms with Crippen LogP contribution in [0.25, 0.3) is 16.6 Å². The molecule has 3 saturated heterocycles. The van der Waals surface area contributed by atoms with Gasteiger partial charge in [0.15, 0.2) is 0 Å². The Morgan fingerprint density at radius 3 is 2.39 bits per heavy atom. The molecule has 0 aliphatic carbocycles. The van der Waals surface area contributed by atoms with Crippen LogP contribution >= 0.6 is 0 Å². The molecule has 11 heteroatoms. The van der Waals surface area contributed by atoms with Crippen molar-refractivity contribution in [3.8, 4) is 5.69 Å². The molecule has 0 N–H and O–H groups in total. The Balaban J connectivity index is 1.19. The minimum atomic E-state index is -0.499. The Kier molecular flexibility index (Phi) is 5.02. The van der Waals surface area contributed by atoms with Crippen molar-refractivity contribution in [2.45, 2.75) is 0 Å². The van der Waals surface area contributed by atoms with E-state index >= 15 is 0 Å². The van der Waals surface area contributed by atoms with E-state index in [-0.39, 0.29) is 43.4 Å². The highest BCUT2D eigenvalue weighted by atomic mass is 19.1. The predicted molar refractivity (Wildman–Crippen MR) is 127 cm³/mol. The second-order valence-electron chi connectivity index (χ2n) is 9.32. The summed E-state index contributed by atoms with van der Waals surface area (Å²) in [7, 11) is 1.47. The van der Waals surface area contributed by atoms with E-state index in [1.807, 2.05) is 6.07 Å². The van der Waals surface area contributed by atoms with E-state index in [1.54, 1.807) is 41.4 Å². The highest BCUT2D eigenvalue weighted by Crippen LogP contribution is 2.34. The van der Waals surface area contributed by atoms with E-state index in [9.17, 15) is 23.6 Å². The molecule has 3 fully saturated rings. The standard InChI is InChI=1S/C25H23FN6O4/c1-28-23(34)16-12-30(13-17(16)24(28)35)22(33)14-29-9-10-31(25(29)36)19-7-4-8-20-15(19)11-27-32(20)21-6-3-2-5-18(21)26/h2-8,11,16-17H,9-10,12-14H2,1H3/t16-,17+.